The Hall–Kier alpha value is -2.87. The van der Waals surface area contributed by atoms with Gasteiger partial charge in [-0.3, -0.25) is 0 Å². The smallest absolute Gasteiger partial charge is 0.163 e. The number of nitriles is 2. The summed E-state index contributed by atoms with van der Waals surface area (Å²) in [6, 6.07) is 12.9. The van der Waals surface area contributed by atoms with Crippen molar-refractivity contribution in [2.24, 2.45) is 5.92 Å². The second-order valence-corrected chi connectivity index (χ2v) is 10.0. The zero-order chi connectivity index (χ0) is 24.8. The summed E-state index contributed by atoms with van der Waals surface area (Å²) in [5, 5.41) is 20.3. The van der Waals surface area contributed by atoms with Crippen molar-refractivity contribution >= 4 is 23.1 Å². The third-order valence-electron chi connectivity index (χ3n) is 6.08. The van der Waals surface area contributed by atoms with Crippen LogP contribution in [-0.4, -0.2) is 44.8 Å². The van der Waals surface area contributed by atoms with Gasteiger partial charge in [0.25, 0.3) is 0 Å². The van der Waals surface area contributed by atoms with Gasteiger partial charge in [0, 0.05) is 17.5 Å². The molecule has 0 saturated heterocycles. The molecule has 1 aliphatic rings. The van der Waals surface area contributed by atoms with E-state index in [1.807, 2.05) is 26.2 Å². The van der Waals surface area contributed by atoms with E-state index in [-0.39, 0.29) is 17.2 Å². The van der Waals surface area contributed by atoms with E-state index < -0.39 is 0 Å². The molecular formula is C27H34N4O2S. The predicted molar refractivity (Wildman–Crippen MR) is 137 cm³/mol. The SMILES string of the molecule is CCC(COc1c(C#N)c(C#N)c(OCCC(C)C)c2c1N(CC)c1ccccc1S2)N(C)C. The molecule has 0 N–H and O–H groups in total. The zero-order valence-corrected chi connectivity index (χ0v) is 21.8. The third-order valence-corrected chi connectivity index (χ3v) is 7.23. The molecule has 0 amide bonds. The van der Waals surface area contributed by atoms with Crippen molar-refractivity contribution in [3.05, 3.63) is 35.4 Å². The minimum Gasteiger partial charge on any atom is -0.491 e. The largest absolute Gasteiger partial charge is 0.491 e. The number of nitrogens with zero attached hydrogens (tertiary/aromatic N) is 4. The first-order chi connectivity index (χ1) is 16.4. The van der Waals surface area contributed by atoms with Crippen LogP contribution < -0.4 is 14.4 Å². The van der Waals surface area contributed by atoms with Crippen molar-refractivity contribution in [3.63, 3.8) is 0 Å². The van der Waals surface area contributed by atoms with Crippen molar-refractivity contribution in [1.82, 2.24) is 4.90 Å². The van der Waals surface area contributed by atoms with Crippen molar-refractivity contribution in [1.29, 1.82) is 10.5 Å². The number of hydrogen-bond donors (Lipinski definition) is 0. The quantitative estimate of drug-likeness (QED) is 0.403. The van der Waals surface area contributed by atoms with Gasteiger partial charge in [0.2, 0.25) is 0 Å². The van der Waals surface area contributed by atoms with Crippen LogP contribution in [0.5, 0.6) is 11.5 Å². The highest BCUT2D eigenvalue weighted by molar-refractivity contribution is 7.99. The van der Waals surface area contributed by atoms with E-state index in [1.165, 1.54) is 0 Å². The first-order valence-corrected chi connectivity index (χ1v) is 12.7. The number of anilines is 2. The summed E-state index contributed by atoms with van der Waals surface area (Å²) >= 11 is 1.58. The fourth-order valence-electron chi connectivity index (χ4n) is 4.03. The maximum atomic E-state index is 10.2. The number of ether oxygens (including phenoxy) is 2. The Labute approximate surface area is 208 Å². The molecule has 2 aromatic rings. The van der Waals surface area contributed by atoms with E-state index in [2.05, 4.69) is 61.8 Å². The Bertz CT molecular complexity index is 1100. The molecule has 0 fully saturated rings. The highest BCUT2D eigenvalue weighted by atomic mass is 32.2. The fourth-order valence-corrected chi connectivity index (χ4v) is 5.24. The molecule has 34 heavy (non-hydrogen) atoms. The van der Waals surface area contributed by atoms with Gasteiger partial charge in [-0.25, -0.2) is 0 Å². The van der Waals surface area contributed by atoms with Crippen LogP contribution in [0.25, 0.3) is 0 Å². The van der Waals surface area contributed by atoms with Gasteiger partial charge in [0.15, 0.2) is 11.5 Å². The van der Waals surface area contributed by atoms with Crippen LogP contribution in [0.2, 0.25) is 0 Å². The molecular weight excluding hydrogens is 444 g/mol. The van der Waals surface area contributed by atoms with Crippen molar-refractivity contribution in [2.45, 2.75) is 56.4 Å². The molecule has 1 aliphatic heterocycles. The van der Waals surface area contributed by atoms with E-state index in [0.717, 1.165) is 34.0 Å². The first kappa shape index (κ1) is 25.7. The molecule has 180 valence electrons. The summed E-state index contributed by atoms with van der Waals surface area (Å²) in [5.74, 6) is 1.42. The lowest BCUT2D eigenvalue weighted by Crippen LogP contribution is -2.33. The Morgan fingerprint density at radius 3 is 2.29 bits per heavy atom. The normalized spacial score (nSPS) is 13.2. The summed E-state index contributed by atoms with van der Waals surface area (Å²) in [6.07, 6.45) is 1.77. The van der Waals surface area contributed by atoms with E-state index in [9.17, 15) is 10.5 Å². The second-order valence-electron chi connectivity index (χ2n) is 8.99. The van der Waals surface area contributed by atoms with Gasteiger partial charge in [-0.05, 0) is 51.9 Å². The molecule has 0 saturated carbocycles. The number of rotatable bonds is 10. The molecule has 0 bridgehead atoms. The summed E-state index contributed by atoms with van der Waals surface area (Å²) in [7, 11) is 4.05. The zero-order valence-electron chi connectivity index (χ0n) is 21.0. The topological polar surface area (TPSA) is 72.5 Å². The number of benzene rings is 2. The Morgan fingerprint density at radius 1 is 1.03 bits per heavy atom. The predicted octanol–water partition coefficient (Wildman–Crippen LogP) is 6.20. The number of likely N-dealkylation sites (N-methyl/N-ethyl adjacent to an activating group) is 1. The molecule has 0 aliphatic carbocycles. The van der Waals surface area contributed by atoms with Crippen molar-refractivity contribution < 1.29 is 9.47 Å². The number of para-hydroxylation sites is 1. The van der Waals surface area contributed by atoms with Crippen LogP contribution in [0.4, 0.5) is 11.4 Å². The Kier molecular flexibility index (Phi) is 8.72. The van der Waals surface area contributed by atoms with Gasteiger partial charge >= 0.3 is 0 Å². The maximum absolute atomic E-state index is 10.2. The molecule has 7 heteroatoms. The van der Waals surface area contributed by atoms with Crippen LogP contribution in [0.15, 0.2) is 34.1 Å². The Balaban J connectivity index is 2.23. The molecule has 1 atom stereocenters. The van der Waals surface area contributed by atoms with Gasteiger partial charge in [-0.15, -0.1) is 0 Å². The van der Waals surface area contributed by atoms with Crippen LogP contribution >= 0.6 is 11.8 Å². The average Bonchev–Trinajstić information content (AvgIpc) is 2.82. The lowest BCUT2D eigenvalue weighted by molar-refractivity contribution is 0.181. The van der Waals surface area contributed by atoms with Gasteiger partial charge in [0.05, 0.1) is 17.2 Å². The highest BCUT2D eigenvalue weighted by Gasteiger charge is 2.34. The molecule has 2 aromatic carbocycles. The van der Waals surface area contributed by atoms with Gasteiger partial charge < -0.3 is 19.3 Å². The lowest BCUT2D eigenvalue weighted by Gasteiger charge is -2.35. The summed E-state index contributed by atoms with van der Waals surface area (Å²) in [6.45, 7) is 10.1. The number of fused-ring (bicyclic) bond motifs is 2. The first-order valence-electron chi connectivity index (χ1n) is 11.9. The molecule has 0 aromatic heterocycles. The molecule has 3 rings (SSSR count). The lowest BCUT2D eigenvalue weighted by atomic mass is 10.0. The summed E-state index contributed by atoms with van der Waals surface area (Å²) in [5.41, 5.74) is 2.37. The Morgan fingerprint density at radius 2 is 1.71 bits per heavy atom. The standard InChI is InChI=1S/C27H34N4O2S/c1-7-19(30(5)6)17-33-25-20(15-28)21(16-29)26(32-14-13-18(3)4)27-24(25)31(8-2)22-11-9-10-12-23(22)34-27/h9-12,18-19H,7-8,13-14,17H2,1-6H3. The molecule has 0 radical (unpaired) electrons. The monoisotopic (exact) mass is 478 g/mol. The van der Waals surface area contributed by atoms with Crippen LogP contribution in [0, 0.1) is 28.6 Å². The minimum atomic E-state index is 0.188. The highest BCUT2D eigenvalue weighted by Crippen LogP contribution is 2.57. The summed E-state index contributed by atoms with van der Waals surface area (Å²) in [4.78, 5) is 6.22. The second kappa shape index (κ2) is 11.5. The molecule has 6 nitrogen and oxygen atoms in total. The maximum Gasteiger partial charge on any atom is 0.163 e. The van der Waals surface area contributed by atoms with Gasteiger partial charge in [-0.1, -0.05) is 44.7 Å². The molecule has 0 spiro atoms. The van der Waals surface area contributed by atoms with Crippen molar-refractivity contribution in [2.75, 3.05) is 38.8 Å². The number of hydrogen-bond acceptors (Lipinski definition) is 7. The van der Waals surface area contributed by atoms with Gasteiger partial charge in [-0.2, -0.15) is 10.5 Å². The van der Waals surface area contributed by atoms with Crippen LogP contribution in [0.1, 0.15) is 51.7 Å². The minimum absolute atomic E-state index is 0.188. The third kappa shape index (κ3) is 5.12. The molecule has 1 unspecified atom stereocenters. The van der Waals surface area contributed by atoms with E-state index >= 15 is 0 Å². The molecule has 1 heterocycles. The average molecular weight is 479 g/mol. The summed E-state index contributed by atoms with van der Waals surface area (Å²) < 4.78 is 12.6. The fraction of sp³-hybridized carbons (Fsp3) is 0.481. The van der Waals surface area contributed by atoms with E-state index in [1.54, 1.807) is 11.8 Å². The van der Waals surface area contributed by atoms with Gasteiger partial charge in [0.1, 0.15) is 35.6 Å². The van der Waals surface area contributed by atoms with Crippen molar-refractivity contribution in [3.8, 4) is 23.6 Å². The van der Waals surface area contributed by atoms with E-state index in [4.69, 9.17) is 9.47 Å². The van der Waals surface area contributed by atoms with Crippen LogP contribution in [0.3, 0.4) is 0 Å². The van der Waals surface area contributed by atoms with Crippen LogP contribution in [-0.2, 0) is 0 Å². The van der Waals surface area contributed by atoms with E-state index in [0.29, 0.717) is 37.2 Å².